The summed E-state index contributed by atoms with van der Waals surface area (Å²) in [5.74, 6) is 1.95. The third-order valence-corrected chi connectivity index (χ3v) is 13.1. The number of hydrogen-bond donors (Lipinski definition) is 0. The third kappa shape index (κ3) is 4.92. The molecular weight excluding hydrogens is 753 g/mol. The van der Waals surface area contributed by atoms with Crippen molar-refractivity contribution in [1.29, 1.82) is 0 Å². The Hall–Kier alpha value is -8.21. The summed E-state index contributed by atoms with van der Waals surface area (Å²) in [6, 6.07) is 78.6. The zero-order chi connectivity index (χ0) is 40.8. The van der Waals surface area contributed by atoms with Crippen molar-refractivity contribution in [3.63, 3.8) is 0 Å². The van der Waals surface area contributed by atoms with Crippen LogP contribution in [0, 0.1) is 0 Å². The molecule has 2 aromatic heterocycles. The van der Waals surface area contributed by atoms with Gasteiger partial charge in [0.1, 0.15) is 0 Å². The Morgan fingerprint density at radius 3 is 1.32 bits per heavy atom. The van der Waals surface area contributed by atoms with Crippen LogP contribution in [0.3, 0.4) is 0 Å². The molecule has 0 saturated carbocycles. The lowest BCUT2D eigenvalue weighted by Gasteiger charge is -2.30. The lowest BCUT2D eigenvalue weighted by atomic mass is 9.70. The van der Waals surface area contributed by atoms with Crippen molar-refractivity contribution >= 4 is 21.8 Å². The van der Waals surface area contributed by atoms with E-state index < -0.39 is 5.41 Å². The highest BCUT2D eigenvalue weighted by Crippen LogP contribution is 2.64. The minimum absolute atomic E-state index is 0.405. The van der Waals surface area contributed by atoms with Crippen LogP contribution in [-0.4, -0.2) is 19.5 Å². The quantitative estimate of drug-likeness (QED) is 0.174. The molecule has 2 heterocycles. The lowest BCUT2D eigenvalue weighted by Crippen LogP contribution is -2.25. The van der Waals surface area contributed by atoms with Crippen molar-refractivity contribution in [2.45, 2.75) is 5.41 Å². The van der Waals surface area contributed by atoms with Gasteiger partial charge in [-0.15, -0.1) is 0 Å². The van der Waals surface area contributed by atoms with Gasteiger partial charge in [-0.25, -0.2) is 15.0 Å². The number of para-hydroxylation sites is 1. The Labute approximate surface area is 359 Å². The van der Waals surface area contributed by atoms with E-state index in [4.69, 9.17) is 15.0 Å². The van der Waals surface area contributed by atoms with Crippen molar-refractivity contribution < 1.29 is 0 Å². The summed E-state index contributed by atoms with van der Waals surface area (Å²) in [4.78, 5) is 14.8. The molecule has 2 aliphatic carbocycles. The molecule has 0 atom stereocenters. The highest BCUT2D eigenvalue weighted by molar-refractivity contribution is 6.16. The molecule has 0 N–H and O–H groups in total. The van der Waals surface area contributed by atoms with Crippen LogP contribution in [0.15, 0.2) is 218 Å². The monoisotopic (exact) mass is 788 g/mol. The summed E-state index contributed by atoms with van der Waals surface area (Å²) < 4.78 is 2.49. The van der Waals surface area contributed by atoms with Gasteiger partial charge in [-0.2, -0.15) is 0 Å². The standard InChI is InChI=1S/C58H36N4/c1-3-15-39(16-4-1)55-59-56(40-17-5-2-6-18-40)61-57(60-55)41-29-27-37(28-30-41)38-31-33-42(34-32-38)62-52-26-14-10-21-45(52)46-35-36-51-53(54(46)62)47-22-9-13-25-50(47)58(51)48-23-11-7-19-43(48)44-20-8-12-24-49(44)58/h1-36H. The van der Waals surface area contributed by atoms with Gasteiger partial charge in [-0.1, -0.05) is 200 Å². The molecule has 1 spiro atoms. The fourth-order valence-corrected chi connectivity index (χ4v) is 10.5. The summed E-state index contributed by atoms with van der Waals surface area (Å²) in [7, 11) is 0. The second-order valence-corrected chi connectivity index (χ2v) is 16.3. The first kappa shape index (κ1) is 34.6. The average molecular weight is 789 g/mol. The van der Waals surface area contributed by atoms with Crippen molar-refractivity contribution in [2.24, 2.45) is 0 Å². The van der Waals surface area contributed by atoms with Gasteiger partial charge in [0.25, 0.3) is 0 Å². The number of fused-ring (bicyclic) bond motifs is 14. The molecule has 11 aromatic rings. The Bertz CT molecular complexity index is 3450. The normalized spacial score (nSPS) is 13.0. The van der Waals surface area contributed by atoms with E-state index in [1.165, 1.54) is 66.3 Å². The Balaban J connectivity index is 0.938. The van der Waals surface area contributed by atoms with Gasteiger partial charge in [-0.3, -0.25) is 0 Å². The highest BCUT2D eigenvalue weighted by Gasteiger charge is 2.52. The van der Waals surface area contributed by atoms with Crippen LogP contribution in [0.4, 0.5) is 0 Å². The van der Waals surface area contributed by atoms with Crippen LogP contribution in [0.5, 0.6) is 0 Å². The smallest absolute Gasteiger partial charge is 0.164 e. The first-order chi connectivity index (χ1) is 30.8. The van der Waals surface area contributed by atoms with E-state index in [1.54, 1.807) is 0 Å². The lowest BCUT2D eigenvalue weighted by molar-refractivity contribution is 0.794. The summed E-state index contributed by atoms with van der Waals surface area (Å²) in [6.07, 6.45) is 0. The van der Waals surface area contributed by atoms with Gasteiger partial charge >= 0.3 is 0 Å². The van der Waals surface area contributed by atoms with E-state index in [0.29, 0.717) is 17.5 Å². The van der Waals surface area contributed by atoms with E-state index >= 15 is 0 Å². The van der Waals surface area contributed by atoms with Crippen LogP contribution >= 0.6 is 0 Å². The van der Waals surface area contributed by atoms with Crippen LogP contribution in [0.2, 0.25) is 0 Å². The van der Waals surface area contributed by atoms with Gasteiger partial charge in [0.05, 0.1) is 16.4 Å². The molecule has 0 fully saturated rings. The predicted molar refractivity (Wildman–Crippen MR) is 252 cm³/mol. The van der Waals surface area contributed by atoms with Crippen LogP contribution in [-0.2, 0) is 5.41 Å². The summed E-state index contributed by atoms with van der Waals surface area (Å²) in [5, 5.41) is 2.51. The first-order valence-electron chi connectivity index (χ1n) is 21.2. The fourth-order valence-electron chi connectivity index (χ4n) is 10.5. The number of hydrogen-bond acceptors (Lipinski definition) is 3. The molecule has 0 saturated heterocycles. The number of aromatic nitrogens is 4. The maximum atomic E-state index is 4.95. The van der Waals surface area contributed by atoms with Gasteiger partial charge in [-0.05, 0) is 68.3 Å². The summed E-state index contributed by atoms with van der Waals surface area (Å²) in [6.45, 7) is 0. The Morgan fingerprint density at radius 2 is 0.742 bits per heavy atom. The molecule has 13 rings (SSSR count). The molecule has 62 heavy (non-hydrogen) atoms. The molecule has 0 radical (unpaired) electrons. The van der Waals surface area contributed by atoms with Crippen LogP contribution < -0.4 is 0 Å². The minimum Gasteiger partial charge on any atom is -0.309 e. The van der Waals surface area contributed by atoms with E-state index in [9.17, 15) is 0 Å². The zero-order valence-corrected chi connectivity index (χ0v) is 33.6. The van der Waals surface area contributed by atoms with Crippen molar-refractivity contribution in [3.05, 3.63) is 241 Å². The molecule has 0 bridgehead atoms. The first-order valence-corrected chi connectivity index (χ1v) is 21.2. The van der Waals surface area contributed by atoms with E-state index in [-0.39, 0.29) is 0 Å². The molecule has 4 heteroatoms. The molecule has 0 unspecified atom stereocenters. The molecule has 0 aliphatic heterocycles. The van der Waals surface area contributed by atoms with Crippen LogP contribution in [0.1, 0.15) is 22.3 Å². The van der Waals surface area contributed by atoms with Gasteiger partial charge < -0.3 is 4.57 Å². The van der Waals surface area contributed by atoms with Gasteiger partial charge in [0, 0.05) is 38.7 Å². The van der Waals surface area contributed by atoms with Crippen molar-refractivity contribution in [3.8, 4) is 73.2 Å². The number of benzene rings is 9. The van der Waals surface area contributed by atoms with E-state index in [0.717, 1.165) is 33.5 Å². The SMILES string of the molecule is c1ccc(-c2nc(-c3ccccc3)nc(-c3ccc(-c4ccc(-n5c6ccccc6c6ccc7c(c65)-c5ccccc5C75c6ccccc6-c6ccccc65)cc4)cc3)n2)cc1. The largest absolute Gasteiger partial charge is 0.309 e. The highest BCUT2D eigenvalue weighted by atomic mass is 15.0. The van der Waals surface area contributed by atoms with Gasteiger partial charge in [0.2, 0.25) is 0 Å². The van der Waals surface area contributed by atoms with Crippen molar-refractivity contribution in [1.82, 2.24) is 19.5 Å². The maximum Gasteiger partial charge on any atom is 0.164 e. The van der Waals surface area contributed by atoms with Crippen molar-refractivity contribution in [2.75, 3.05) is 0 Å². The summed E-state index contributed by atoms with van der Waals surface area (Å²) >= 11 is 0. The minimum atomic E-state index is -0.405. The Kier molecular flexibility index (Phi) is 7.49. The molecule has 9 aromatic carbocycles. The second kappa shape index (κ2) is 13.4. The zero-order valence-electron chi connectivity index (χ0n) is 33.6. The van der Waals surface area contributed by atoms with E-state index in [2.05, 4.69) is 162 Å². The molecule has 4 nitrogen and oxygen atoms in total. The number of nitrogens with zero attached hydrogens (tertiary/aromatic N) is 4. The molecule has 288 valence electrons. The molecular formula is C58H36N4. The predicted octanol–water partition coefficient (Wildman–Crippen LogP) is 14.0. The topological polar surface area (TPSA) is 43.6 Å². The average Bonchev–Trinajstić information content (AvgIpc) is 3.96. The van der Waals surface area contributed by atoms with Crippen LogP contribution in [0.25, 0.3) is 95.0 Å². The number of rotatable bonds is 5. The fraction of sp³-hybridized carbons (Fsp3) is 0.0172. The third-order valence-electron chi connectivity index (χ3n) is 13.1. The maximum absolute atomic E-state index is 4.95. The molecule has 2 aliphatic rings. The second-order valence-electron chi connectivity index (χ2n) is 16.3. The van der Waals surface area contributed by atoms with Gasteiger partial charge in [0.15, 0.2) is 17.5 Å². The van der Waals surface area contributed by atoms with E-state index in [1.807, 2.05) is 60.7 Å². The summed E-state index contributed by atoms with van der Waals surface area (Å²) in [5.41, 5.74) is 18.9. The Morgan fingerprint density at radius 1 is 0.306 bits per heavy atom. The molecule has 0 amide bonds.